The van der Waals surface area contributed by atoms with Gasteiger partial charge in [0, 0.05) is 30.2 Å². The first kappa shape index (κ1) is 28.4. The van der Waals surface area contributed by atoms with Gasteiger partial charge in [-0.2, -0.15) is 18.3 Å². The zero-order valence-electron chi connectivity index (χ0n) is 22.4. The molecule has 5 rings (SSSR count). The van der Waals surface area contributed by atoms with E-state index >= 15 is 0 Å². The van der Waals surface area contributed by atoms with Gasteiger partial charge in [0.2, 0.25) is 0 Å². The molecular formula is C26H28ClF3N9O2+. The molecule has 0 spiro atoms. The first-order chi connectivity index (χ1) is 19.3. The molecule has 2 amide bonds. The number of imidazole rings is 1. The number of carbonyl (C=O) groups excluding carboxylic acids is 2. The number of rotatable bonds is 8. The second-order valence-corrected chi connectivity index (χ2v) is 11.4. The third kappa shape index (κ3) is 6.28. The number of halogens is 4. The number of aromatic nitrogens is 5. The summed E-state index contributed by atoms with van der Waals surface area (Å²) in [6, 6.07) is 4.71. The number of anilines is 2. The average Bonchev–Trinajstić information content (AvgIpc) is 3.49. The number of benzene rings is 1. The van der Waals surface area contributed by atoms with Crippen LogP contribution in [0.15, 0.2) is 43.0 Å². The van der Waals surface area contributed by atoms with Crippen LogP contribution >= 0.6 is 11.6 Å². The van der Waals surface area contributed by atoms with E-state index in [1.807, 2.05) is 26.2 Å². The smallest absolute Gasteiger partial charge is 0.349 e. The maximum Gasteiger partial charge on any atom is 0.433 e. The number of fused-ring (bicyclic) bond motifs is 1. The van der Waals surface area contributed by atoms with Gasteiger partial charge in [-0.05, 0) is 31.0 Å². The summed E-state index contributed by atoms with van der Waals surface area (Å²) in [6.07, 6.45) is 1.98. The molecule has 216 valence electrons. The SMILES string of the molecule is C[N+](C)(C)CC(=O)NC1CC(NC(=O)c2ccc(Nc3nccn4c(-c5cn[nH]c5C(F)(F)F)cnc34)cc2Cl)C1. The van der Waals surface area contributed by atoms with Gasteiger partial charge < -0.3 is 20.4 Å². The molecule has 41 heavy (non-hydrogen) atoms. The highest BCUT2D eigenvalue weighted by Crippen LogP contribution is 2.36. The molecule has 15 heteroatoms. The fourth-order valence-corrected chi connectivity index (χ4v) is 4.90. The van der Waals surface area contributed by atoms with Gasteiger partial charge in [-0.25, -0.2) is 9.97 Å². The van der Waals surface area contributed by atoms with Crippen LogP contribution in [0.4, 0.5) is 24.7 Å². The van der Waals surface area contributed by atoms with Crippen molar-refractivity contribution in [3.05, 3.63) is 59.3 Å². The van der Waals surface area contributed by atoms with E-state index in [1.165, 1.54) is 23.0 Å². The Morgan fingerprint density at radius 1 is 1.12 bits per heavy atom. The maximum atomic E-state index is 13.4. The predicted molar refractivity (Wildman–Crippen MR) is 146 cm³/mol. The van der Waals surface area contributed by atoms with E-state index in [-0.39, 0.29) is 57.2 Å². The van der Waals surface area contributed by atoms with Crippen molar-refractivity contribution in [2.24, 2.45) is 0 Å². The lowest BCUT2D eigenvalue weighted by molar-refractivity contribution is -0.862. The van der Waals surface area contributed by atoms with Gasteiger partial charge in [0.1, 0.15) is 5.69 Å². The van der Waals surface area contributed by atoms with Gasteiger partial charge in [0.05, 0.1) is 55.4 Å². The number of quaternary nitrogens is 1. The molecule has 0 bridgehead atoms. The van der Waals surface area contributed by atoms with Gasteiger partial charge in [-0.15, -0.1) is 0 Å². The molecule has 1 aliphatic carbocycles. The molecule has 11 nitrogen and oxygen atoms in total. The van der Waals surface area contributed by atoms with E-state index in [1.54, 1.807) is 18.2 Å². The average molecular weight is 591 g/mol. The van der Waals surface area contributed by atoms with Crippen LogP contribution in [0.25, 0.3) is 16.9 Å². The van der Waals surface area contributed by atoms with Crippen LogP contribution in [0, 0.1) is 0 Å². The summed E-state index contributed by atoms with van der Waals surface area (Å²) < 4.78 is 42.2. The largest absolute Gasteiger partial charge is 0.433 e. The topological polar surface area (TPSA) is 129 Å². The normalized spacial score (nSPS) is 17.2. The molecular weight excluding hydrogens is 563 g/mol. The third-order valence-electron chi connectivity index (χ3n) is 6.56. The molecule has 4 aromatic rings. The molecule has 0 atom stereocenters. The first-order valence-electron chi connectivity index (χ1n) is 12.7. The molecule has 1 aliphatic rings. The summed E-state index contributed by atoms with van der Waals surface area (Å²) >= 11 is 6.43. The molecule has 0 radical (unpaired) electrons. The second kappa shape index (κ2) is 10.7. The highest BCUT2D eigenvalue weighted by Gasteiger charge is 2.37. The third-order valence-corrected chi connectivity index (χ3v) is 6.87. The van der Waals surface area contributed by atoms with E-state index in [0.717, 1.165) is 6.20 Å². The van der Waals surface area contributed by atoms with Crippen molar-refractivity contribution in [3.8, 4) is 11.3 Å². The quantitative estimate of drug-likeness (QED) is 0.232. The number of hydrogen-bond acceptors (Lipinski definition) is 6. The lowest BCUT2D eigenvalue weighted by atomic mass is 9.86. The fourth-order valence-electron chi connectivity index (χ4n) is 4.64. The van der Waals surface area contributed by atoms with Crippen LogP contribution in [0.2, 0.25) is 5.02 Å². The molecule has 1 aromatic carbocycles. The Morgan fingerprint density at radius 3 is 2.54 bits per heavy atom. The van der Waals surface area contributed by atoms with Crippen molar-refractivity contribution in [3.63, 3.8) is 0 Å². The second-order valence-electron chi connectivity index (χ2n) is 10.9. The minimum absolute atomic E-state index is 0.0216. The van der Waals surface area contributed by atoms with Crippen LogP contribution < -0.4 is 16.0 Å². The number of nitrogens with zero attached hydrogens (tertiary/aromatic N) is 5. The van der Waals surface area contributed by atoms with Crippen molar-refractivity contribution < 1.29 is 27.2 Å². The van der Waals surface area contributed by atoms with E-state index in [0.29, 0.717) is 29.6 Å². The maximum absolute atomic E-state index is 13.4. The number of likely N-dealkylation sites (N-methyl/N-ethyl adjacent to an activating group) is 1. The van der Waals surface area contributed by atoms with Gasteiger partial charge in [-0.1, -0.05) is 11.6 Å². The Morgan fingerprint density at radius 2 is 1.85 bits per heavy atom. The summed E-state index contributed by atoms with van der Waals surface area (Å²) in [5, 5.41) is 14.7. The van der Waals surface area contributed by atoms with Gasteiger partial charge >= 0.3 is 6.18 Å². The van der Waals surface area contributed by atoms with Gasteiger partial charge in [-0.3, -0.25) is 19.1 Å². The zero-order valence-corrected chi connectivity index (χ0v) is 23.1. The molecule has 1 saturated carbocycles. The van der Waals surface area contributed by atoms with Crippen LogP contribution in [-0.4, -0.2) is 80.6 Å². The summed E-state index contributed by atoms with van der Waals surface area (Å²) in [5.41, 5.74) is 0.118. The lowest BCUT2D eigenvalue weighted by Gasteiger charge is -2.36. The number of carbonyl (C=O) groups is 2. The van der Waals surface area contributed by atoms with Crippen LogP contribution in [-0.2, 0) is 11.0 Å². The van der Waals surface area contributed by atoms with E-state index in [9.17, 15) is 22.8 Å². The molecule has 3 aromatic heterocycles. The van der Waals surface area contributed by atoms with Crippen molar-refractivity contribution in [1.82, 2.24) is 35.2 Å². The number of alkyl halides is 3. The summed E-state index contributed by atoms with van der Waals surface area (Å²) in [4.78, 5) is 33.5. The van der Waals surface area contributed by atoms with Crippen molar-refractivity contribution >= 4 is 40.6 Å². The fraction of sp³-hybridized carbons (Fsp3) is 0.346. The Balaban J connectivity index is 1.24. The molecule has 3 heterocycles. The minimum Gasteiger partial charge on any atom is -0.349 e. The predicted octanol–water partition coefficient (Wildman–Crippen LogP) is 3.62. The zero-order chi connectivity index (χ0) is 29.5. The van der Waals surface area contributed by atoms with E-state index in [4.69, 9.17) is 11.6 Å². The number of H-pyrrole nitrogens is 1. The Hall–Kier alpha value is -4.17. The van der Waals surface area contributed by atoms with Crippen LogP contribution in [0.3, 0.4) is 0 Å². The first-order valence-corrected chi connectivity index (χ1v) is 13.1. The Bertz CT molecular complexity index is 1600. The molecule has 0 aliphatic heterocycles. The highest BCUT2D eigenvalue weighted by atomic mass is 35.5. The molecule has 0 unspecified atom stereocenters. The Labute approximate surface area is 237 Å². The number of nitrogens with one attached hydrogen (secondary N) is 4. The minimum atomic E-state index is -4.61. The molecule has 1 fully saturated rings. The van der Waals surface area contributed by atoms with Gasteiger partial charge in [0.25, 0.3) is 11.8 Å². The van der Waals surface area contributed by atoms with Crippen molar-refractivity contribution in [2.45, 2.75) is 31.1 Å². The standard InChI is InChI=1S/C26H27ClF3N9O2/c1-39(2,3)13-21(40)34-15-8-16(9-15)36-25(41)17-5-4-14(10-19(17)27)35-23-24-32-12-20(38(24)7-6-31-23)18-11-33-37-22(18)26(28,29)30/h4-7,10-12,15-16H,8-9,13H2,1-3H3,(H3-,31,33,34,35,36,37,40,41)/p+1. The Kier molecular flexibility index (Phi) is 7.38. The summed E-state index contributed by atoms with van der Waals surface area (Å²) in [7, 11) is 5.82. The monoisotopic (exact) mass is 590 g/mol. The number of aromatic amines is 1. The summed E-state index contributed by atoms with van der Waals surface area (Å²) in [5.74, 6) is -0.0824. The molecule has 0 saturated heterocycles. The number of amides is 2. The summed E-state index contributed by atoms with van der Waals surface area (Å²) in [6.45, 7) is 0.374. The van der Waals surface area contributed by atoms with Gasteiger partial charge in [0.15, 0.2) is 18.0 Å². The van der Waals surface area contributed by atoms with Crippen molar-refractivity contribution in [1.29, 1.82) is 0 Å². The van der Waals surface area contributed by atoms with E-state index < -0.39 is 11.9 Å². The molecule has 4 N–H and O–H groups in total. The number of hydrogen-bond donors (Lipinski definition) is 4. The van der Waals surface area contributed by atoms with Crippen LogP contribution in [0.5, 0.6) is 0 Å². The van der Waals surface area contributed by atoms with Crippen molar-refractivity contribution in [2.75, 3.05) is 33.0 Å². The highest BCUT2D eigenvalue weighted by molar-refractivity contribution is 6.34. The van der Waals surface area contributed by atoms with Crippen LogP contribution in [0.1, 0.15) is 28.9 Å². The van der Waals surface area contributed by atoms with E-state index in [2.05, 4.69) is 31.0 Å². The lowest BCUT2D eigenvalue weighted by Crippen LogP contribution is -2.56.